The maximum absolute atomic E-state index is 11.1. The summed E-state index contributed by atoms with van der Waals surface area (Å²) in [5.41, 5.74) is 1.02. The molecule has 1 aliphatic heterocycles. The first kappa shape index (κ1) is 13.8. The first-order valence-corrected chi connectivity index (χ1v) is 7.35. The number of urea groups is 1. The highest BCUT2D eigenvalue weighted by Gasteiger charge is 2.13. The zero-order valence-electron chi connectivity index (χ0n) is 10.3. The predicted molar refractivity (Wildman–Crippen MR) is 69.6 cm³/mol. The minimum atomic E-state index is -3.63. The molecule has 1 aliphatic rings. The van der Waals surface area contributed by atoms with E-state index < -0.39 is 10.0 Å². The lowest BCUT2D eigenvalue weighted by Gasteiger charge is -2.27. The van der Waals surface area contributed by atoms with E-state index in [1.807, 2.05) is 4.90 Å². The van der Waals surface area contributed by atoms with Gasteiger partial charge in [-0.15, -0.1) is 0 Å². The molecule has 1 fully saturated rings. The van der Waals surface area contributed by atoms with E-state index in [1.165, 1.54) is 12.1 Å². The van der Waals surface area contributed by atoms with E-state index >= 15 is 0 Å². The highest BCUT2D eigenvalue weighted by molar-refractivity contribution is 7.89. The Morgan fingerprint density at radius 2 is 1.74 bits per heavy atom. The van der Waals surface area contributed by atoms with Crippen molar-refractivity contribution in [3.05, 3.63) is 29.8 Å². The smallest absolute Gasteiger partial charge is 0.316 e. The Hall–Kier alpha value is -1.64. The van der Waals surface area contributed by atoms with Gasteiger partial charge in [0.05, 0.1) is 18.2 Å². The van der Waals surface area contributed by atoms with Crippen molar-refractivity contribution in [2.45, 2.75) is 11.3 Å². The van der Waals surface area contributed by atoms with Crippen LogP contribution in [0.1, 0.15) is 5.56 Å². The van der Waals surface area contributed by atoms with Crippen LogP contribution in [0.3, 0.4) is 0 Å². The van der Waals surface area contributed by atoms with E-state index in [2.05, 4.69) is 10.6 Å². The van der Waals surface area contributed by atoms with Gasteiger partial charge in [0, 0.05) is 6.54 Å². The van der Waals surface area contributed by atoms with Crippen LogP contribution < -0.4 is 15.8 Å². The Morgan fingerprint density at radius 1 is 1.16 bits per heavy atom. The number of nitrogens with zero attached hydrogens (tertiary/aromatic N) is 1. The number of benzene rings is 1. The topological polar surface area (TPSA) is 105 Å². The lowest BCUT2D eigenvalue weighted by Crippen LogP contribution is -2.54. The fraction of sp³-hybridized carbons (Fsp3) is 0.364. The van der Waals surface area contributed by atoms with Gasteiger partial charge in [-0.2, -0.15) is 0 Å². The number of carbonyl (C=O) groups excluding carboxylic acids is 1. The number of sulfonamides is 1. The van der Waals surface area contributed by atoms with E-state index in [-0.39, 0.29) is 10.9 Å². The summed E-state index contributed by atoms with van der Waals surface area (Å²) < 4.78 is 22.2. The SMILES string of the molecule is NS(=O)(=O)c1ccc(CCN2CNC(=O)NC2)cc1. The molecule has 0 saturated carbocycles. The molecule has 1 heterocycles. The molecule has 0 unspecified atom stereocenters. The first-order valence-electron chi connectivity index (χ1n) is 5.81. The molecular formula is C11H16N4O3S. The fourth-order valence-electron chi connectivity index (χ4n) is 1.78. The second-order valence-electron chi connectivity index (χ2n) is 4.33. The molecule has 8 heteroatoms. The third kappa shape index (κ3) is 3.91. The minimum absolute atomic E-state index is 0.114. The Kier molecular flexibility index (Phi) is 4.03. The number of nitrogens with one attached hydrogen (secondary N) is 2. The molecule has 7 nitrogen and oxygen atoms in total. The summed E-state index contributed by atoms with van der Waals surface area (Å²) in [5.74, 6) is 0. The summed E-state index contributed by atoms with van der Waals surface area (Å²) in [7, 11) is -3.63. The maximum atomic E-state index is 11.1. The van der Waals surface area contributed by atoms with Crippen LogP contribution in [0.5, 0.6) is 0 Å². The highest BCUT2D eigenvalue weighted by atomic mass is 32.2. The van der Waals surface area contributed by atoms with Gasteiger partial charge in [0.25, 0.3) is 0 Å². The molecule has 0 radical (unpaired) electrons. The predicted octanol–water partition coefficient (Wildman–Crippen LogP) is -0.594. The summed E-state index contributed by atoms with van der Waals surface area (Å²) in [4.78, 5) is 13.0. The molecule has 104 valence electrons. The van der Waals surface area contributed by atoms with E-state index in [1.54, 1.807) is 12.1 Å². The number of hydrogen-bond acceptors (Lipinski definition) is 4. The van der Waals surface area contributed by atoms with Gasteiger partial charge in [-0.1, -0.05) is 12.1 Å². The maximum Gasteiger partial charge on any atom is 0.316 e. The second-order valence-corrected chi connectivity index (χ2v) is 5.89. The van der Waals surface area contributed by atoms with Crippen molar-refractivity contribution in [3.63, 3.8) is 0 Å². The summed E-state index contributed by atoms with van der Waals surface area (Å²) in [6, 6.07) is 6.33. The quantitative estimate of drug-likeness (QED) is 0.687. The van der Waals surface area contributed by atoms with E-state index in [0.29, 0.717) is 13.3 Å². The van der Waals surface area contributed by atoms with Crippen molar-refractivity contribution < 1.29 is 13.2 Å². The van der Waals surface area contributed by atoms with Gasteiger partial charge in [-0.05, 0) is 24.1 Å². The fourth-order valence-corrected chi connectivity index (χ4v) is 2.29. The normalized spacial score (nSPS) is 16.8. The minimum Gasteiger partial charge on any atom is -0.325 e. The van der Waals surface area contributed by atoms with Crippen LogP contribution >= 0.6 is 0 Å². The number of rotatable bonds is 4. The molecule has 0 spiro atoms. The van der Waals surface area contributed by atoms with Gasteiger partial charge in [0.1, 0.15) is 0 Å². The molecule has 2 amide bonds. The molecule has 19 heavy (non-hydrogen) atoms. The van der Waals surface area contributed by atoms with Crippen LogP contribution in [0.2, 0.25) is 0 Å². The van der Waals surface area contributed by atoms with Gasteiger partial charge in [-0.25, -0.2) is 18.4 Å². The molecule has 1 aromatic carbocycles. The van der Waals surface area contributed by atoms with Gasteiger partial charge < -0.3 is 10.6 Å². The zero-order valence-corrected chi connectivity index (χ0v) is 11.1. The molecule has 0 bridgehead atoms. The van der Waals surface area contributed by atoms with E-state index in [4.69, 9.17) is 5.14 Å². The van der Waals surface area contributed by atoms with Crippen molar-refractivity contribution in [2.24, 2.45) is 5.14 Å². The molecular weight excluding hydrogens is 268 g/mol. The lowest BCUT2D eigenvalue weighted by molar-refractivity contribution is 0.183. The third-order valence-corrected chi connectivity index (χ3v) is 3.82. The Morgan fingerprint density at radius 3 is 2.26 bits per heavy atom. The average Bonchev–Trinajstić information content (AvgIpc) is 2.37. The van der Waals surface area contributed by atoms with Crippen molar-refractivity contribution >= 4 is 16.1 Å². The molecule has 0 aromatic heterocycles. The molecule has 1 saturated heterocycles. The molecule has 4 N–H and O–H groups in total. The average molecular weight is 284 g/mol. The van der Waals surface area contributed by atoms with Crippen LogP contribution in [0.4, 0.5) is 4.79 Å². The monoisotopic (exact) mass is 284 g/mol. The van der Waals surface area contributed by atoms with Crippen molar-refractivity contribution in [1.29, 1.82) is 0 Å². The summed E-state index contributed by atoms with van der Waals surface area (Å²) in [5, 5.41) is 10.4. The Bertz CT molecular complexity index is 546. The van der Waals surface area contributed by atoms with Crippen LogP contribution in [0.25, 0.3) is 0 Å². The third-order valence-electron chi connectivity index (χ3n) is 2.90. The number of primary sulfonamides is 1. The van der Waals surface area contributed by atoms with Crippen molar-refractivity contribution in [2.75, 3.05) is 19.9 Å². The molecule has 0 aliphatic carbocycles. The Balaban J connectivity index is 1.88. The van der Waals surface area contributed by atoms with Gasteiger partial charge in [0.15, 0.2) is 0 Å². The van der Waals surface area contributed by atoms with Gasteiger partial charge >= 0.3 is 6.03 Å². The highest BCUT2D eigenvalue weighted by Crippen LogP contribution is 2.09. The summed E-state index contributed by atoms with van der Waals surface area (Å²) in [6.45, 7) is 1.80. The standard InChI is InChI=1S/C11H16N4O3S/c12-19(17,18)10-3-1-9(2-4-10)5-6-15-7-13-11(16)14-8-15/h1-4H,5-8H2,(H2,12,17,18)(H2,13,14,16). The van der Waals surface area contributed by atoms with E-state index in [9.17, 15) is 13.2 Å². The zero-order chi connectivity index (χ0) is 13.9. The van der Waals surface area contributed by atoms with Crippen LogP contribution in [0, 0.1) is 0 Å². The first-order chi connectivity index (χ1) is 8.95. The summed E-state index contributed by atoms with van der Waals surface area (Å²) >= 11 is 0. The van der Waals surface area contributed by atoms with Crippen LogP contribution in [-0.4, -0.2) is 39.2 Å². The van der Waals surface area contributed by atoms with Crippen LogP contribution in [0.15, 0.2) is 29.2 Å². The number of nitrogens with two attached hydrogens (primary N) is 1. The second kappa shape index (κ2) is 5.55. The molecule has 2 rings (SSSR count). The van der Waals surface area contributed by atoms with Crippen molar-refractivity contribution in [3.8, 4) is 0 Å². The van der Waals surface area contributed by atoms with Gasteiger partial charge in [0.2, 0.25) is 10.0 Å². The number of hydrogen-bond donors (Lipinski definition) is 3. The largest absolute Gasteiger partial charge is 0.325 e. The Labute approximate surface area is 111 Å². The number of carbonyl (C=O) groups is 1. The molecule has 1 aromatic rings. The summed E-state index contributed by atoms with van der Waals surface area (Å²) in [6.07, 6.45) is 0.766. The lowest BCUT2D eigenvalue weighted by atomic mass is 10.1. The van der Waals surface area contributed by atoms with Gasteiger partial charge in [-0.3, -0.25) is 4.90 Å². The van der Waals surface area contributed by atoms with E-state index in [0.717, 1.165) is 18.5 Å². The van der Waals surface area contributed by atoms with Crippen molar-refractivity contribution in [1.82, 2.24) is 15.5 Å². The van der Waals surface area contributed by atoms with Crippen LogP contribution in [-0.2, 0) is 16.4 Å². The number of amides is 2. The molecule has 0 atom stereocenters.